The zero-order chi connectivity index (χ0) is 16.7. The Morgan fingerprint density at radius 2 is 2.04 bits per heavy atom. The number of benzene rings is 1. The highest BCUT2D eigenvalue weighted by molar-refractivity contribution is 5.72. The monoisotopic (exact) mass is 329 g/mol. The molecule has 124 valence electrons. The van der Waals surface area contributed by atoms with Crippen molar-refractivity contribution < 1.29 is 13.8 Å². The van der Waals surface area contributed by atoms with Gasteiger partial charge in [0.1, 0.15) is 11.7 Å². The van der Waals surface area contributed by atoms with Crippen LogP contribution in [0.3, 0.4) is 0 Å². The number of nitrogens with zero attached hydrogens (tertiary/aromatic N) is 1. The maximum atomic E-state index is 13.6. The van der Waals surface area contributed by atoms with Crippen molar-refractivity contribution in [2.75, 3.05) is 0 Å². The van der Waals surface area contributed by atoms with E-state index in [0.717, 1.165) is 35.3 Å². The van der Waals surface area contributed by atoms with Gasteiger partial charge >= 0.3 is 0 Å². The van der Waals surface area contributed by atoms with E-state index < -0.39 is 11.6 Å². The van der Waals surface area contributed by atoms with Crippen LogP contribution in [0.5, 0.6) is 0 Å². The van der Waals surface area contributed by atoms with Gasteiger partial charge in [-0.2, -0.15) is 0 Å². The Bertz CT molecular complexity index is 876. The lowest BCUT2D eigenvalue weighted by Gasteiger charge is -2.32. The minimum Gasteiger partial charge on any atom is -0.355 e. The van der Waals surface area contributed by atoms with E-state index in [1.54, 1.807) is 6.07 Å². The van der Waals surface area contributed by atoms with Gasteiger partial charge in [-0.3, -0.25) is 0 Å². The molecule has 1 aliphatic rings. The van der Waals surface area contributed by atoms with E-state index >= 15 is 0 Å². The van der Waals surface area contributed by atoms with Crippen LogP contribution in [-0.4, -0.2) is 16.0 Å². The first kappa shape index (κ1) is 15.2. The topological polar surface area (TPSA) is 54.9 Å². The lowest BCUT2D eigenvalue weighted by molar-refractivity contribution is -0.397. The summed E-state index contributed by atoms with van der Waals surface area (Å²) in [6.07, 6.45) is 5.52. The predicted octanol–water partition coefficient (Wildman–Crippen LogP) is 3.25. The summed E-state index contributed by atoms with van der Waals surface area (Å²) in [7, 11) is 0. The van der Waals surface area contributed by atoms with Crippen molar-refractivity contribution in [1.29, 1.82) is 0 Å². The standard InChI is InChI=1S/C18H18F2N4/c1-10-6-12(18-22-9-17-15(24-18)4-5-21-17)8-16(23-10)11-2-3-13(19)14(20)7-11/h2-5,7,9-10,12,16,21,23H,6,8H2,1H3/p+1. The molecule has 3 aromatic rings. The first-order valence-corrected chi connectivity index (χ1v) is 8.17. The fourth-order valence-electron chi connectivity index (χ4n) is 3.58. The highest BCUT2D eigenvalue weighted by Gasteiger charge is 2.33. The summed E-state index contributed by atoms with van der Waals surface area (Å²) in [5.74, 6) is -0.448. The Kier molecular flexibility index (Phi) is 3.76. The zero-order valence-electron chi connectivity index (χ0n) is 13.3. The summed E-state index contributed by atoms with van der Waals surface area (Å²) in [6, 6.07) is 6.32. The van der Waals surface area contributed by atoms with E-state index in [0.29, 0.717) is 0 Å². The highest BCUT2D eigenvalue weighted by Crippen LogP contribution is 2.35. The predicted molar refractivity (Wildman–Crippen MR) is 86.3 cm³/mol. The summed E-state index contributed by atoms with van der Waals surface area (Å²) in [5.41, 5.74) is 2.67. The van der Waals surface area contributed by atoms with E-state index in [-0.39, 0.29) is 18.0 Å². The van der Waals surface area contributed by atoms with Gasteiger partial charge in [0.25, 0.3) is 5.82 Å². The molecule has 1 fully saturated rings. The molecule has 24 heavy (non-hydrogen) atoms. The van der Waals surface area contributed by atoms with Crippen LogP contribution in [0.15, 0.2) is 36.7 Å². The van der Waals surface area contributed by atoms with Crippen LogP contribution >= 0.6 is 0 Å². The Morgan fingerprint density at radius 1 is 1.17 bits per heavy atom. The van der Waals surface area contributed by atoms with Gasteiger partial charge in [0, 0.05) is 24.3 Å². The van der Waals surface area contributed by atoms with Crippen LogP contribution in [0.25, 0.3) is 11.0 Å². The first-order chi connectivity index (χ1) is 11.6. The molecule has 0 aliphatic carbocycles. The molecule has 3 unspecified atom stereocenters. The van der Waals surface area contributed by atoms with Gasteiger partial charge in [0.05, 0.1) is 5.92 Å². The second-order valence-corrected chi connectivity index (χ2v) is 6.52. The van der Waals surface area contributed by atoms with Crippen molar-refractivity contribution in [2.45, 2.75) is 37.8 Å². The number of piperidine rings is 1. The molecule has 1 aromatic carbocycles. The van der Waals surface area contributed by atoms with E-state index in [1.165, 1.54) is 12.1 Å². The lowest BCUT2D eigenvalue weighted by atomic mass is 9.85. The van der Waals surface area contributed by atoms with Gasteiger partial charge in [-0.25, -0.2) is 13.8 Å². The fraction of sp³-hybridized carbons (Fsp3) is 0.333. The highest BCUT2D eigenvalue weighted by atomic mass is 19.2. The summed E-state index contributed by atoms with van der Waals surface area (Å²) >= 11 is 0. The molecule has 0 spiro atoms. The third kappa shape index (κ3) is 2.78. The molecule has 0 saturated carbocycles. The van der Waals surface area contributed by atoms with E-state index in [4.69, 9.17) is 4.98 Å². The molecule has 4 nitrogen and oxygen atoms in total. The van der Waals surface area contributed by atoms with Gasteiger partial charge < -0.3 is 10.3 Å². The van der Waals surface area contributed by atoms with Gasteiger partial charge in [-0.15, -0.1) is 0 Å². The van der Waals surface area contributed by atoms with Crippen molar-refractivity contribution >= 4 is 11.0 Å². The molecule has 1 saturated heterocycles. The van der Waals surface area contributed by atoms with Crippen LogP contribution in [-0.2, 0) is 0 Å². The van der Waals surface area contributed by atoms with Crippen LogP contribution < -0.4 is 10.3 Å². The lowest BCUT2D eigenvalue weighted by Crippen LogP contribution is -2.39. The van der Waals surface area contributed by atoms with Crippen LogP contribution in [0.4, 0.5) is 8.78 Å². The Labute approximate surface area is 138 Å². The molecule has 0 radical (unpaired) electrons. The number of aromatic nitrogens is 3. The Balaban J connectivity index is 1.63. The Morgan fingerprint density at radius 3 is 2.88 bits per heavy atom. The van der Waals surface area contributed by atoms with Crippen LogP contribution in [0.1, 0.15) is 43.1 Å². The minimum absolute atomic E-state index is 0.0222. The molecule has 3 heterocycles. The molecule has 3 atom stereocenters. The van der Waals surface area contributed by atoms with E-state index in [1.807, 2.05) is 18.5 Å². The zero-order valence-corrected chi connectivity index (χ0v) is 13.3. The van der Waals surface area contributed by atoms with Crippen LogP contribution in [0, 0.1) is 11.6 Å². The van der Waals surface area contributed by atoms with Crippen molar-refractivity contribution in [3.8, 4) is 0 Å². The van der Waals surface area contributed by atoms with Gasteiger partial charge in [-0.1, -0.05) is 6.07 Å². The van der Waals surface area contributed by atoms with Crippen LogP contribution in [0.2, 0.25) is 0 Å². The largest absolute Gasteiger partial charge is 0.355 e. The number of H-pyrrole nitrogens is 2. The molecule has 0 bridgehead atoms. The second kappa shape index (κ2) is 5.94. The number of aromatic amines is 2. The first-order valence-electron chi connectivity index (χ1n) is 8.17. The fourth-order valence-corrected chi connectivity index (χ4v) is 3.58. The summed E-state index contributed by atoms with van der Waals surface area (Å²) < 4.78 is 26.8. The number of hydrogen-bond acceptors (Lipinski definition) is 2. The Hall–Kier alpha value is -2.34. The SMILES string of the molecule is CC1CC(c2nc3cc[nH]c3c[nH+]2)CC(c2ccc(F)c(F)c2)N1. The van der Waals surface area contributed by atoms with Crippen molar-refractivity contribution in [3.05, 3.63) is 59.7 Å². The normalized spacial score (nSPS) is 24.4. The number of fused-ring (bicyclic) bond motifs is 1. The van der Waals surface area contributed by atoms with Crippen molar-refractivity contribution in [1.82, 2.24) is 15.3 Å². The molecule has 2 aromatic heterocycles. The number of halogens is 2. The molecular formula is C18H19F2N4+. The van der Waals surface area contributed by atoms with Crippen molar-refractivity contribution in [3.63, 3.8) is 0 Å². The molecule has 0 amide bonds. The molecule has 6 heteroatoms. The quantitative estimate of drug-likeness (QED) is 0.758. The van der Waals surface area contributed by atoms with Crippen molar-refractivity contribution in [2.24, 2.45) is 0 Å². The smallest absolute Gasteiger partial charge is 0.300 e. The summed E-state index contributed by atoms with van der Waals surface area (Å²) in [5, 5.41) is 3.47. The summed E-state index contributed by atoms with van der Waals surface area (Å²) in [6.45, 7) is 2.11. The van der Waals surface area contributed by atoms with E-state index in [9.17, 15) is 8.78 Å². The maximum absolute atomic E-state index is 13.6. The van der Waals surface area contributed by atoms with Gasteiger partial charge in [0.2, 0.25) is 5.52 Å². The summed E-state index contributed by atoms with van der Waals surface area (Å²) in [4.78, 5) is 11.1. The molecule has 3 N–H and O–H groups in total. The average molecular weight is 329 g/mol. The van der Waals surface area contributed by atoms with Gasteiger partial charge in [0.15, 0.2) is 11.6 Å². The number of rotatable bonds is 2. The third-order valence-electron chi connectivity index (χ3n) is 4.74. The second-order valence-electron chi connectivity index (χ2n) is 6.52. The molecular weight excluding hydrogens is 310 g/mol. The molecule has 4 rings (SSSR count). The number of nitrogens with one attached hydrogen (secondary N) is 3. The third-order valence-corrected chi connectivity index (χ3v) is 4.74. The average Bonchev–Trinajstić information content (AvgIpc) is 3.04. The van der Waals surface area contributed by atoms with Gasteiger partial charge in [-0.05, 0) is 42.4 Å². The molecule has 1 aliphatic heterocycles. The minimum atomic E-state index is -0.813. The van der Waals surface area contributed by atoms with E-state index in [2.05, 4.69) is 22.2 Å². The number of hydrogen-bond donors (Lipinski definition) is 2. The maximum Gasteiger partial charge on any atom is 0.300 e.